The number of fused-ring (bicyclic) bond motifs is 1. The predicted octanol–water partition coefficient (Wildman–Crippen LogP) is 4.39. The van der Waals surface area contributed by atoms with Crippen LogP contribution in [0.2, 0.25) is 0 Å². The van der Waals surface area contributed by atoms with Crippen LogP contribution in [0.4, 0.5) is 0 Å². The van der Waals surface area contributed by atoms with Crippen molar-refractivity contribution in [1.29, 1.82) is 0 Å². The van der Waals surface area contributed by atoms with Crippen LogP contribution in [-0.4, -0.2) is 73.2 Å². The van der Waals surface area contributed by atoms with Gasteiger partial charge in [-0.3, -0.25) is 9.59 Å². The Bertz CT molecular complexity index is 1060. The van der Waals surface area contributed by atoms with E-state index in [0.29, 0.717) is 42.5 Å². The Morgan fingerprint density at radius 2 is 1.89 bits per heavy atom. The maximum Gasteiger partial charge on any atom is 0.273 e. The van der Waals surface area contributed by atoms with Crippen molar-refractivity contribution in [2.24, 2.45) is 5.92 Å². The highest BCUT2D eigenvalue weighted by Crippen LogP contribution is 2.33. The summed E-state index contributed by atoms with van der Waals surface area (Å²) in [4.78, 5) is 33.3. The number of nitrogens with one attached hydrogen (secondary N) is 1. The number of carbonyl (C=O) groups excluding carboxylic acids is 2. The molecule has 1 amide bonds. The van der Waals surface area contributed by atoms with Gasteiger partial charge in [0.25, 0.3) is 5.91 Å². The van der Waals surface area contributed by atoms with Gasteiger partial charge in [0.1, 0.15) is 35.9 Å². The van der Waals surface area contributed by atoms with Crippen molar-refractivity contribution < 1.29 is 23.8 Å². The second kappa shape index (κ2) is 13.2. The molecule has 0 bridgehead atoms. The van der Waals surface area contributed by atoms with Crippen molar-refractivity contribution in [3.8, 4) is 11.5 Å². The number of Topliss-reactive ketones (excluding diaryl/α,β-unsaturated/α-hetero) is 1. The van der Waals surface area contributed by atoms with Gasteiger partial charge in [-0.05, 0) is 65.1 Å². The van der Waals surface area contributed by atoms with E-state index in [2.05, 4.69) is 5.32 Å². The minimum absolute atomic E-state index is 0.00995. The van der Waals surface area contributed by atoms with E-state index in [-0.39, 0.29) is 36.3 Å². The van der Waals surface area contributed by atoms with Crippen molar-refractivity contribution in [3.05, 3.63) is 30.0 Å². The third kappa shape index (κ3) is 6.79. The Kier molecular flexibility index (Phi) is 9.75. The summed E-state index contributed by atoms with van der Waals surface area (Å²) >= 11 is 0. The molecule has 0 spiro atoms. The molecule has 1 aliphatic carbocycles. The van der Waals surface area contributed by atoms with E-state index in [0.717, 1.165) is 57.0 Å². The first-order valence-electron chi connectivity index (χ1n) is 13.8. The van der Waals surface area contributed by atoms with Crippen molar-refractivity contribution in [2.75, 3.05) is 39.5 Å². The Morgan fingerprint density at radius 3 is 2.59 bits per heavy atom. The lowest BCUT2D eigenvalue weighted by atomic mass is 10.0. The van der Waals surface area contributed by atoms with Gasteiger partial charge in [-0.15, -0.1) is 0 Å². The molecule has 2 fully saturated rings. The second-order valence-corrected chi connectivity index (χ2v) is 10.2. The lowest BCUT2D eigenvalue weighted by molar-refractivity contribution is -0.124. The molecule has 2 heterocycles. The van der Waals surface area contributed by atoms with E-state index in [1.54, 1.807) is 12.1 Å². The van der Waals surface area contributed by atoms with E-state index in [4.69, 9.17) is 19.2 Å². The minimum Gasteiger partial charge on any atom is -0.490 e. The molecule has 1 saturated carbocycles. The number of aromatic nitrogens is 1. The highest BCUT2D eigenvalue weighted by molar-refractivity contribution is 5.99. The average Bonchev–Trinajstić information content (AvgIpc) is 3.45. The zero-order chi connectivity index (χ0) is 26.2. The van der Waals surface area contributed by atoms with E-state index in [1.807, 2.05) is 37.8 Å². The maximum atomic E-state index is 13.9. The van der Waals surface area contributed by atoms with E-state index >= 15 is 0 Å². The van der Waals surface area contributed by atoms with E-state index in [1.165, 1.54) is 0 Å². The van der Waals surface area contributed by atoms with Crippen LogP contribution in [0.5, 0.6) is 11.5 Å². The van der Waals surface area contributed by atoms with E-state index in [9.17, 15) is 9.59 Å². The molecule has 4 rings (SSSR count). The SMILES string of the molecule is CCOCCOc1cc(C(=O)N(C(C)C)[C@@H]2CCCNC2)nc2c(OCC(=O)C3CCCC3)cccc12. The molecular weight excluding hydrogens is 470 g/mol. The molecular formula is C29H41N3O5. The first kappa shape index (κ1) is 27.3. The van der Waals surface area contributed by atoms with Crippen LogP contribution >= 0.6 is 0 Å². The number of benzene rings is 1. The van der Waals surface area contributed by atoms with Crippen LogP contribution < -0.4 is 14.8 Å². The number of amides is 1. The number of para-hydroxylation sites is 1. The summed E-state index contributed by atoms with van der Waals surface area (Å²) in [6, 6.07) is 7.44. The number of pyridine rings is 1. The van der Waals surface area contributed by atoms with Crippen LogP contribution in [0, 0.1) is 5.92 Å². The van der Waals surface area contributed by atoms with E-state index < -0.39 is 0 Å². The van der Waals surface area contributed by atoms with Gasteiger partial charge in [0.05, 0.1) is 6.61 Å². The Hall–Kier alpha value is -2.71. The highest BCUT2D eigenvalue weighted by atomic mass is 16.5. The Morgan fingerprint density at radius 1 is 1.08 bits per heavy atom. The predicted molar refractivity (Wildman–Crippen MR) is 143 cm³/mol. The Labute approximate surface area is 220 Å². The lowest BCUT2D eigenvalue weighted by Crippen LogP contribution is -2.51. The number of nitrogens with zero attached hydrogens (tertiary/aromatic N) is 2. The molecule has 1 saturated heterocycles. The average molecular weight is 512 g/mol. The third-order valence-electron chi connectivity index (χ3n) is 7.31. The van der Waals surface area contributed by atoms with Crippen LogP contribution in [0.3, 0.4) is 0 Å². The van der Waals surface area contributed by atoms with Gasteiger partial charge in [-0.1, -0.05) is 18.9 Å². The van der Waals surface area contributed by atoms with Gasteiger partial charge < -0.3 is 24.4 Å². The van der Waals surface area contributed by atoms with Gasteiger partial charge >= 0.3 is 0 Å². The van der Waals surface area contributed by atoms with Gasteiger partial charge in [-0.2, -0.15) is 0 Å². The van der Waals surface area contributed by atoms with Gasteiger partial charge in [-0.25, -0.2) is 4.98 Å². The molecule has 2 aromatic rings. The largest absolute Gasteiger partial charge is 0.490 e. The summed E-state index contributed by atoms with van der Waals surface area (Å²) in [6.45, 7) is 9.18. The molecule has 202 valence electrons. The molecule has 0 radical (unpaired) electrons. The monoisotopic (exact) mass is 511 g/mol. The van der Waals surface area contributed by atoms with Crippen molar-refractivity contribution >= 4 is 22.6 Å². The molecule has 8 heteroatoms. The standard InChI is InChI=1S/C29H41N3O5/c1-4-35-15-16-36-27-17-24(29(34)32(20(2)3)22-11-8-14-30-18-22)31-28-23(27)12-7-13-26(28)37-19-25(33)21-9-5-6-10-21/h7,12-13,17,20-22,30H,4-6,8-11,14-16,18-19H2,1-3H3/t22-/m1/s1. The number of hydrogen-bond donors (Lipinski definition) is 1. The number of rotatable bonds is 12. The first-order valence-corrected chi connectivity index (χ1v) is 13.8. The molecule has 1 aliphatic heterocycles. The third-order valence-corrected chi connectivity index (χ3v) is 7.31. The minimum atomic E-state index is -0.128. The zero-order valence-electron chi connectivity index (χ0n) is 22.5. The summed E-state index contributed by atoms with van der Waals surface area (Å²) in [5, 5.41) is 4.16. The smallest absolute Gasteiger partial charge is 0.273 e. The Balaban J connectivity index is 1.66. The van der Waals surface area contributed by atoms with Crippen molar-refractivity contribution in [2.45, 2.75) is 71.4 Å². The number of hydrogen-bond acceptors (Lipinski definition) is 7. The molecule has 1 N–H and O–H groups in total. The molecule has 1 atom stereocenters. The number of piperidine rings is 1. The summed E-state index contributed by atoms with van der Waals surface area (Å²) < 4.78 is 17.6. The highest BCUT2D eigenvalue weighted by Gasteiger charge is 2.30. The molecule has 1 aromatic heterocycles. The molecule has 2 aliphatic rings. The maximum absolute atomic E-state index is 13.9. The molecule has 37 heavy (non-hydrogen) atoms. The summed E-state index contributed by atoms with van der Waals surface area (Å²) in [7, 11) is 0. The summed E-state index contributed by atoms with van der Waals surface area (Å²) in [5.74, 6) is 1.14. The normalized spacial score (nSPS) is 18.3. The van der Waals surface area contributed by atoms with Crippen LogP contribution in [0.25, 0.3) is 10.9 Å². The van der Waals surface area contributed by atoms with Crippen LogP contribution in [-0.2, 0) is 9.53 Å². The van der Waals surface area contributed by atoms with Crippen molar-refractivity contribution in [3.63, 3.8) is 0 Å². The summed E-state index contributed by atoms with van der Waals surface area (Å²) in [5.41, 5.74) is 0.848. The zero-order valence-corrected chi connectivity index (χ0v) is 22.5. The van der Waals surface area contributed by atoms with Gasteiger partial charge in [0.15, 0.2) is 5.78 Å². The fraction of sp³-hybridized carbons (Fsp3) is 0.621. The fourth-order valence-electron chi connectivity index (χ4n) is 5.43. The lowest BCUT2D eigenvalue weighted by Gasteiger charge is -2.37. The molecule has 8 nitrogen and oxygen atoms in total. The van der Waals surface area contributed by atoms with Gasteiger partial charge in [0, 0.05) is 42.6 Å². The number of carbonyl (C=O) groups is 2. The first-order chi connectivity index (χ1) is 18.0. The topological polar surface area (TPSA) is 90.0 Å². The number of ether oxygens (including phenoxy) is 3. The molecule has 1 aromatic carbocycles. The number of ketones is 1. The second-order valence-electron chi connectivity index (χ2n) is 10.2. The summed E-state index contributed by atoms with van der Waals surface area (Å²) in [6.07, 6.45) is 6.07. The fourth-order valence-corrected chi connectivity index (χ4v) is 5.43. The van der Waals surface area contributed by atoms with Crippen LogP contribution in [0.1, 0.15) is 69.8 Å². The quantitative estimate of drug-likeness (QED) is 0.423. The molecule has 0 unspecified atom stereocenters. The van der Waals surface area contributed by atoms with Gasteiger partial charge in [0.2, 0.25) is 0 Å². The van der Waals surface area contributed by atoms with Crippen molar-refractivity contribution in [1.82, 2.24) is 15.2 Å². The van der Waals surface area contributed by atoms with Crippen LogP contribution in [0.15, 0.2) is 24.3 Å².